The molecule has 10 heteroatoms. The lowest BCUT2D eigenvalue weighted by molar-refractivity contribution is 0.194. The molecule has 1 atom stereocenters. The van der Waals surface area contributed by atoms with Gasteiger partial charge in [-0.25, -0.2) is 13.4 Å². The highest BCUT2D eigenvalue weighted by Gasteiger charge is 2.47. The first-order chi connectivity index (χ1) is 19.9. The summed E-state index contributed by atoms with van der Waals surface area (Å²) in [6.07, 6.45) is 5.14. The first-order valence-electron chi connectivity index (χ1n) is 13.7. The van der Waals surface area contributed by atoms with Gasteiger partial charge < -0.3 is 4.74 Å². The van der Waals surface area contributed by atoms with E-state index >= 15 is 0 Å². The number of anilines is 1. The molecule has 0 saturated carbocycles. The van der Waals surface area contributed by atoms with Gasteiger partial charge in [-0.1, -0.05) is 55.5 Å². The number of ether oxygens (including phenoxy) is 1. The Bertz CT molecular complexity index is 1650. The molecule has 3 aromatic carbocycles. The maximum Gasteiger partial charge on any atom is 0.263 e. The number of fused-ring (bicyclic) bond motifs is 1. The molecule has 0 fully saturated rings. The highest BCUT2D eigenvalue weighted by molar-refractivity contribution is 7.99. The van der Waals surface area contributed by atoms with E-state index in [1.165, 1.54) is 40.7 Å². The van der Waals surface area contributed by atoms with Crippen LogP contribution in [-0.4, -0.2) is 35.4 Å². The van der Waals surface area contributed by atoms with Crippen LogP contribution in [0.25, 0.3) is 0 Å². The number of hydrogen-bond donors (Lipinski definition) is 1. The molecule has 0 spiro atoms. The zero-order valence-corrected chi connectivity index (χ0v) is 25.1. The summed E-state index contributed by atoms with van der Waals surface area (Å²) in [5.41, 5.74) is 5.89. The third kappa shape index (κ3) is 5.23. The van der Waals surface area contributed by atoms with Crippen LogP contribution in [0.4, 0.5) is 5.13 Å². The van der Waals surface area contributed by atoms with Crippen LogP contribution in [-0.2, 0) is 15.4 Å². The van der Waals surface area contributed by atoms with E-state index in [0.29, 0.717) is 11.7 Å². The molecule has 0 radical (unpaired) electrons. The number of sulfonamides is 1. The van der Waals surface area contributed by atoms with Gasteiger partial charge in [-0.15, -0.1) is 0 Å². The van der Waals surface area contributed by atoms with Gasteiger partial charge in [-0.2, -0.15) is 21.4 Å². The summed E-state index contributed by atoms with van der Waals surface area (Å²) in [7, 11) is -3.92. The van der Waals surface area contributed by atoms with Gasteiger partial charge in [0.25, 0.3) is 10.0 Å². The Morgan fingerprint density at radius 1 is 1.15 bits per heavy atom. The Labute approximate surface area is 249 Å². The van der Waals surface area contributed by atoms with Gasteiger partial charge in [0.05, 0.1) is 10.5 Å². The molecule has 3 aliphatic carbocycles. The first-order valence-corrected chi connectivity index (χ1v) is 17.1. The van der Waals surface area contributed by atoms with Gasteiger partial charge >= 0.3 is 0 Å². The van der Waals surface area contributed by atoms with Crippen LogP contribution in [0.15, 0.2) is 78.0 Å². The van der Waals surface area contributed by atoms with Crippen molar-refractivity contribution in [3.05, 3.63) is 101 Å². The second kappa shape index (κ2) is 11.5. The van der Waals surface area contributed by atoms with E-state index in [0.717, 1.165) is 48.7 Å². The molecule has 0 amide bonds. The van der Waals surface area contributed by atoms with E-state index in [4.69, 9.17) is 4.74 Å². The number of thioether (sulfide) groups is 1. The predicted octanol–water partition coefficient (Wildman–Crippen LogP) is 6.72. The minimum atomic E-state index is -3.92. The third-order valence-electron chi connectivity index (χ3n) is 8.22. The van der Waals surface area contributed by atoms with Crippen LogP contribution in [0.3, 0.4) is 0 Å². The molecule has 1 heterocycles. The van der Waals surface area contributed by atoms with E-state index in [1.54, 1.807) is 6.07 Å². The number of nitrogens with zero attached hydrogens (tertiary/aromatic N) is 3. The number of nitrogens with one attached hydrogen (secondary N) is 1. The largest absolute Gasteiger partial charge is 0.488 e. The molecule has 0 aliphatic heterocycles. The van der Waals surface area contributed by atoms with Gasteiger partial charge in [0, 0.05) is 28.6 Å². The number of benzene rings is 3. The monoisotopic (exact) mass is 602 g/mol. The highest BCUT2D eigenvalue weighted by atomic mass is 32.2. The van der Waals surface area contributed by atoms with E-state index in [-0.39, 0.29) is 27.1 Å². The number of hydrogen-bond acceptors (Lipinski definition) is 8. The van der Waals surface area contributed by atoms with Crippen LogP contribution in [0.2, 0.25) is 0 Å². The SMILES string of the molecule is CCSCC(CCC12CCC(c3ccccc31)c1ccccc12)Oc1ccc(S(=O)(=O)Nc2ncns2)cc1C#N. The standard InChI is InChI=1S/C31H30N4O3S3/c1-2-39-19-22(38-29-12-11-23(17-21(29)18-32)41(36,37)35-30-33-20-34-40-30)13-15-31-16-14-24(25-7-3-5-9-27(25)31)26-8-4-6-10-28(26)31/h3-12,17,20,22,24H,2,13-16,19H2,1H3,(H,33,34,35). The Hall–Kier alpha value is -3.39. The fourth-order valence-electron chi connectivity index (χ4n) is 6.42. The van der Waals surface area contributed by atoms with Crippen molar-refractivity contribution < 1.29 is 13.2 Å². The van der Waals surface area contributed by atoms with Crippen molar-refractivity contribution >= 4 is 38.4 Å². The molecule has 2 bridgehead atoms. The molecule has 4 aromatic rings. The first kappa shape index (κ1) is 27.8. The highest BCUT2D eigenvalue weighted by Crippen LogP contribution is 2.58. The van der Waals surface area contributed by atoms with Crippen LogP contribution >= 0.6 is 23.3 Å². The van der Waals surface area contributed by atoms with Crippen LogP contribution < -0.4 is 9.46 Å². The maximum absolute atomic E-state index is 12.9. The number of aromatic nitrogens is 2. The van der Waals surface area contributed by atoms with Crippen LogP contribution in [0.1, 0.15) is 66.3 Å². The molecule has 3 aliphatic rings. The summed E-state index contributed by atoms with van der Waals surface area (Å²) >= 11 is 2.75. The molecular formula is C31H30N4O3S3. The lowest BCUT2D eigenvalue weighted by Gasteiger charge is -2.50. The van der Waals surface area contributed by atoms with E-state index in [2.05, 4.69) is 75.6 Å². The minimum absolute atomic E-state index is 0.0258. The summed E-state index contributed by atoms with van der Waals surface area (Å²) in [4.78, 5) is 3.86. The van der Waals surface area contributed by atoms with Crippen molar-refractivity contribution in [2.75, 3.05) is 16.2 Å². The predicted molar refractivity (Wildman–Crippen MR) is 163 cm³/mol. The molecule has 1 unspecified atom stereocenters. The topological polar surface area (TPSA) is 105 Å². The summed E-state index contributed by atoms with van der Waals surface area (Å²) < 4.78 is 38.5. The molecule has 0 saturated heterocycles. The van der Waals surface area contributed by atoms with Gasteiger partial charge in [0.2, 0.25) is 5.13 Å². The summed E-state index contributed by atoms with van der Waals surface area (Å²) in [5.74, 6) is 2.59. The summed E-state index contributed by atoms with van der Waals surface area (Å²) in [6, 6.07) is 24.3. The van der Waals surface area contributed by atoms with E-state index in [1.807, 2.05) is 11.8 Å². The normalized spacial score (nSPS) is 19.6. The van der Waals surface area contributed by atoms with Crippen molar-refractivity contribution in [3.63, 3.8) is 0 Å². The van der Waals surface area contributed by atoms with E-state index in [9.17, 15) is 13.7 Å². The van der Waals surface area contributed by atoms with Crippen LogP contribution in [0, 0.1) is 11.3 Å². The van der Waals surface area contributed by atoms with Gasteiger partial charge in [0.15, 0.2) is 0 Å². The Balaban J connectivity index is 1.27. The Kier molecular flexibility index (Phi) is 7.77. The third-order valence-corrected chi connectivity index (χ3v) is 11.3. The molecule has 7 nitrogen and oxygen atoms in total. The molecule has 7 rings (SSSR count). The van der Waals surface area contributed by atoms with Gasteiger partial charge in [0.1, 0.15) is 24.3 Å². The van der Waals surface area contributed by atoms with Gasteiger partial charge in [-0.05, 0) is 71.9 Å². The average molecular weight is 603 g/mol. The Morgan fingerprint density at radius 3 is 2.54 bits per heavy atom. The van der Waals surface area contributed by atoms with Crippen molar-refractivity contribution in [1.29, 1.82) is 5.26 Å². The van der Waals surface area contributed by atoms with Crippen molar-refractivity contribution in [2.24, 2.45) is 0 Å². The zero-order chi connectivity index (χ0) is 28.5. The lowest BCUT2D eigenvalue weighted by Crippen LogP contribution is -2.41. The van der Waals surface area contributed by atoms with E-state index < -0.39 is 10.0 Å². The average Bonchev–Trinajstić information content (AvgIpc) is 3.51. The molecule has 41 heavy (non-hydrogen) atoms. The molecule has 210 valence electrons. The lowest BCUT2D eigenvalue weighted by atomic mass is 9.54. The summed E-state index contributed by atoms with van der Waals surface area (Å²) in [6.45, 7) is 2.13. The van der Waals surface area contributed by atoms with Crippen LogP contribution in [0.5, 0.6) is 5.75 Å². The molecule has 1 N–H and O–H groups in total. The van der Waals surface area contributed by atoms with Crippen molar-refractivity contribution in [1.82, 2.24) is 9.36 Å². The molecular weight excluding hydrogens is 573 g/mol. The van der Waals surface area contributed by atoms with Crippen molar-refractivity contribution in [3.8, 4) is 11.8 Å². The fraction of sp³-hybridized carbons (Fsp3) is 0.323. The summed E-state index contributed by atoms with van der Waals surface area (Å²) in [5, 5.41) is 10.1. The number of nitriles is 1. The second-order valence-electron chi connectivity index (χ2n) is 10.4. The van der Waals surface area contributed by atoms with Crippen molar-refractivity contribution in [2.45, 2.75) is 54.9 Å². The maximum atomic E-state index is 12.9. The van der Waals surface area contributed by atoms with Gasteiger partial charge in [-0.3, -0.25) is 4.72 Å². The molecule has 1 aromatic heterocycles. The minimum Gasteiger partial charge on any atom is -0.488 e. The quantitative estimate of drug-likeness (QED) is 0.203. The zero-order valence-electron chi connectivity index (χ0n) is 22.6. The number of rotatable bonds is 11. The fourth-order valence-corrected chi connectivity index (χ4v) is 8.84. The Morgan fingerprint density at radius 2 is 1.88 bits per heavy atom. The smallest absolute Gasteiger partial charge is 0.263 e. The second-order valence-corrected chi connectivity index (χ2v) is 14.2.